The highest BCUT2D eigenvalue weighted by Gasteiger charge is 2.34. The Kier molecular flexibility index (Phi) is 9.06. The van der Waals surface area contributed by atoms with E-state index in [1.165, 1.54) is 16.8 Å². The number of hydrogen-bond donors (Lipinski definition) is 2. The minimum absolute atomic E-state index is 0. The topological polar surface area (TPSA) is 99.2 Å². The molecule has 31 heavy (non-hydrogen) atoms. The highest BCUT2D eigenvalue weighted by atomic mass is 35.5. The van der Waals surface area contributed by atoms with E-state index in [-0.39, 0.29) is 31.9 Å². The van der Waals surface area contributed by atoms with Crippen LogP contribution in [0.15, 0.2) is 35.0 Å². The summed E-state index contributed by atoms with van der Waals surface area (Å²) in [7, 11) is -3.09. The van der Waals surface area contributed by atoms with Crippen LogP contribution in [0.3, 0.4) is 0 Å². The predicted molar refractivity (Wildman–Crippen MR) is 109 cm³/mol. The summed E-state index contributed by atoms with van der Waals surface area (Å²) in [6.07, 6.45) is -3.70. The molecule has 1 aromatic carbocycles. The molecular formula is C18H23ClF4N4O3S. The van der Waals surface area contributed by atoms with Gasteiger partial charge in [-0.3, -0.25) is 4.68 Å². The second kappa shape index (κ2) is 10.4. The third kappa shape index (κ3) is 6.92. The van der Waals surface area contributed by atoms with Crippen molar-refractivity contribution in [1.82, 2.24) is 14.5 Å². The van der Waals surface area contributed by atoms with Crippen molar-refractivity contribution in [1.29, 1.82) is 0 Å². The molecule has 0 aliphatic rings. The number of ether oxygens (including phenoxy) is 1. The second-order valence-electron chi connectivity index (χ2n) is 6.41. The van der Waals surface area contributed by atoms with Gasteiger partial charge in [0, 0.05) is 24.2 Å². The number of aryl methyl sites for hydroxylation is 1. The van der Waals surface area contributed by atoms with Crippen LogP contribution in [-0.4, -0.2) is 38.2 Å². The summed E-state index contributed by atoms with van der Waals surface area (Å²) in [5.41, 5.74) is 7.52. The van der Waals surface area contributed by atoms with Crippen molar-refractivity contribution in [3.05, 3.63) is 52.6 Å². The van der Waals surface area contributed by atoms with Gasteiger partial charge in [0.05, 0.1) is 12.2 Å². The number of hydrogen-bond acceptors (Lipinski definition) is 5. The molecule has 0 unspecified atom stereocenters. The standard InChI is InChI=1S/C18H22F4N4O3S.ClH/c1-11-15(12(2)26(25-11)10-14(19)6-7-23)8-13-4-5-17(30(27,28)24-3)16(9-13)29-18(20,21)22;/h4-6,9,24H,7-8,10,23H2,1-3H3;1H. The minimum atomic E-state index is -5.07. The van der Waals surface area contributed by atoms with Crippen LogP contribution in [-0.2, 0) is 23.0 Å². The molecule has 0 spiro atoms. The Balaban J connectivity index is 0.00000480. The van der Waals surface area contributed by atoms with E-state index in [0.717, 1.165) is 19.2 Å². The van der Waals surface area contributed by atoms with Gasteiger partial charge in [-0.15, -0.1) is 25.6 Å². The number of alkyl halides is 3. The Morgan fingerprint density at radius 3 is 2.52 bits per heavy atom. The maximum atomic E-state index is 13.8. The fourth-order valence-electron chi connectivity index (χ4n) is 2.88. The summed E-state index contributed by atoms with van der Waals surface area (Å²) in [6, 6.07) is 3.45. The number of benzene rings is 1. The van der Waals surface area contributed by atoms with Gasteiger partial charge in [0.25, 0.3) is 0 Å². The van der Waals surface area contributed by atoms with Gasteiger partial charge in [-0.1, -0.05) is 6.07 Å². The van der Waals surface area contributed by atoms with Crippen LogP contribution in [0.4, 0.5) is 17.6 Å². The summed E-state index contributed by atoms with van der Waals surface area (Å²) in [5.74, 6) is -1.30. The van der Waals surface area contributed by atoms with E-state index in [9.17, 15) is 26.0 Å². The van der Waals surface area contributed by atoms with Crippen molar-refractivity contribution in [3.8, 4) is 5.75 Å². The number of nitrogens with zero attached hydrogens (tertiary/aromatic N) is 2. The third-order valence-electron chi connectivity index (χ3n) is 4.34. The molecule has 2 rings (SSSR count). The largest absolute Gasteiger partial charge is 0.573 e. The van der Waals surface area contributed by atoms with Crippen molar-refractivity contribution in [2.24, 2.45) is 5.73 Å². The van der Waals surface area contributed by atoms with E-state index in [2.05, 4.69) is 9.84 Å². The van der Waals surface area contributed by atoms with Crippen LogP contribution >= 0.6 is 12.4 Å². The number of halogens is 5. The van der Waals surface area contributed by atoms with Crippen LogP contribution in [0, 0.1) is 13.8 Å². The maximum Gasteiger partial charge on any atom is 0.573 e. The lowest BCUT2D eigenvalue weighted by molar-refractivity contribution is -0.275. The molecule has 1 aromatic heterocycles. The van der Waals surface area contributed by atoms with Crippen molar-refractivity contribution >= 4 is 22.4 Å². The molecule has 0 fully saturated rings. The van der Waals surface area contributed by atoms with Crippen molar-refractivity contribution < 1.29 is 30.7 Å². The van der Waals surface area contributed by atoms with Gasteiger partial charge in [0.2, 0.25) is 10.0 Å². The quantitative estimate of drug-likeness (QED) is 0.558. The average Bonchev–Trinajstić information content (AvgIpc) is 2.88. The SMILES string of the molecule is CNS(=O)(=O)c1ccc(Cc2c(C)nn(CC(F)=CCN)c2C)cc1OC(F)(F)F.Cl. The molecule has 0 bridgehead atoms. The van der Waals surface area contributed by atoms with Gasteiger partial charge < -0.3 is 10.5 Å². The first-order chi connectivity index (χ1) is 13.9. The van der Waals surface area contributed by atoms with Crippen LogP contribution in [0.25, 0.3) is 0 Å². The molecule has 0 atom stereocenters. The van der Waals surface area contributed by atoms with E-state index in [4.69, 9.17) is 5.73 Å². The molecule has 0 aliphatic carbocycles. The molecule has 7 nitrogen and oxygen atoms in total. The zero-order chi connectivity index (χ0) is 22.7. The lowest BCUT2D eigenvalue weighted by Gasteiger charge is -2.15. The van der Waals surface area contributed by atoms with Crippen molar-refractivity contribution in [3.63, 3.8) is 0 Å². The first-order valence-corrected chi connectivity index (χ1v) is 10.3. The molecule has 0 saturated heterocycles. The van der Waals surface area contributed by atoms with Crippen molar-refractivity contribution in [2.75, 3.05) is 13.6 Å². The van der Waals surface area contributed by atoms with Gasteiger partial charge in [-0.25, -0.2) is 17.5 Å². The summed E-state index contributed by atoms with van der Waals surface area (Å²) >= 11 is 0. The molecule has 3 N–H and O–H groups in total. The highest BCUT2D eigenvalue weighted by Crippen LogP contribution is 2.32. The Hall–Kier alpha value is -2.15. The molecule has 174 valence electrons. The number of aromatic nitrogens is 2. The van der Waals surface area contributed by atoms with E-state index in [1.807, 2.05) is 4.72 Å². The Morgan fingerprint density at radius 1 is 1.32 bits per heavy atom. The zero-order valence-electron chi connectivity index (χ0n) is 17.0. The monoisotopic (exact) mass is 486 g/mol. The zero-order valence-corrected chi connectivity index (χ0v) is 18.6. The normalized spacial score (nSPS) is 12.6. The third-order valence-corrected chi connectivity index (χ3v) is 5.80. The van der Waals surface area contributed by atoms with Crippen LogP contribution in [0.1, 0.15) is 22.5 Å². The fraction of sp³-hybridized carbons (Fsp3) is 0.389. The van der Waals surface area contributed by atoms with Gasteiger partial charge >= 0.3 is 6.36 Å². The molecule has 0 aliphatic heterocycles. The van der Waals surface area contributed by atoms with Crippen LogP contribution in [0.2, 0.25) is 0 Å². The van der Waals surface area contributed by atoms with E-state index >= 15 is 0 Å². The average molecular weight is 487 g/mol. The molecule has 2 aromatic rings. The summed E-state index contributed by atoms with van der Waals surface area (Å²) < 4.78 is 83.5. The van der Waals surface area contributed by atoms with Gasteiger partial charge in [0.15, 0.2) is 0 Å². The summed E-state index contributed by atoms with van der Waals surface area (Å²) in [5, 5.41) is 4.26. The lowest BCUT2D eigenvalue weighted by Crippen LogP contribution is -2.23. The van der Waals surface area contributed by atoms with Gasteiger partial charge in [-0.2, -0.15) is 5.10 Å². The Morgan fingerprint density at radius 2 is 1.97 bits per heavy atom. The van der Waals surface area contributed by atoms with E-state index in [0.29, 0.717) is 22.5 Å². The smallest absolute Gasteiger partial charge is 0.404 e. The first kappa shape index (κ1) is 26.9. The lowest BCUT2D eigenvalue weighted by atomic mass is 10.0. The molecule has 1 heterocycles. The fourth-order valence-corrected chi connectivity index (χ4v) is 3.71. The highest BCUT2D eigenvalue weighted by molar-refractivity contribution is 7.89. The molecule has 0 radical (unpaired) electrons. The van der Waals surface area contributed by atoms with Crippen LogP contribution in [0.5, 0.6) is 5.75 Å². The second-order valence-corrected chi connectivity index (χ2v) is 8.26. The maximum absolute atomic E-state index is 13.8. The Labute approximate surface area is 183 Å². The number of rotatable bonds is 8. The van der Waals surface area contributed by atoms with Gasteiger partial charge in [-0.05, 0) is 44.7 Å². The molecule has 13 heteroatoms. The number of nitrogens with two attached hydrogens (primary N) is 1. The summed E-state index contributed by atoms with van der Waals surface area (Å²) in [6.45, 7) is 3.32. The first-order valence-electron chi connectivity index (χ1n) is 8.77. The minimum Gasteiger partial charge on any atom is -0.404 e. The number of sulfonamides is 1. The predicted octanol–water partition coefficient (Wildman–Crippen LogP) is 3.13. The van der Waals surface area contributed by atoms with E-state index in [1.54, 1.807) is 13.8 Å². The molecule has 0 saturated carbocycles. The van der Waals surface area contributed by atoms with E-state index < -0.39 is 32.9 Å². The number of nitrogens with one attached hydrogen (secondary N) is 1. The molecular weight excluding hydrogens is 464 g/mol. The molecule has 0 amide bonds. The summed E-state index contributed by atoms with van der Waals surface area (Å²) in [4.78, 5) is -0.635. The van der Waals surface area contributed by atoms with Crippen molar-refractivity contribution in [2.45, 2.75) is 38.1 Å². The van der Waals surface area contributed by atoms with Crippen LogP contribution < -0.4 is 15.2 Å². The Bertz CT molecular complexity index is 1050. The number of allylic oxidation sites excluding steroid dienone is 1. The van der Waals surface area contributed by atoms with Gasteiger partial charge in [0.1, 0.15) is 16.5 Å².